The van der Waals surface area contributed by atoms with Crippen molar-refractivity contribution >= 4 is 46.2 Å². The quantitative estimate of drug-likeness (QED) is 0.332. The van der Waals surface area contributed by atoms with Crippen molar-refractivity contribution in [3.05, 3.63) is 68.4 Å². The van der Waals surface area contributed by atoms with Crippen LogP contribution in [0.25, 0.3) is 0 Å². The molecule has 3 aromatic rings. The largest absolute Gasteiger partial charge is 0.493 e. The van der Waals surface area contributed by atoms with Crippen LogP contribution in [0.4, 0.5) is 23.0 Å². The van der Waals surface area contributed by atoms with Crippen molar-refractivity contribution in [3.63, 3.8) is 0 Å². The lowest BCUT2D eigenvalue weighted by Crippen LogP contribution is -2.11. The Labute approximate surface area is 188 Å². The number of nitro groups is 1. The first-order valence-corrected chi connectivity index (χ1v) is 9.85. The number of hydrogen-bond donors (Lipinski definition) is 2. The summed E-state index contributed by atoms with van der Waals surface area (Å²) in [6.07, 6.45) is 1.80. The molecule has 9 nitrogen and oxygen atoms in total. The number of halogens is 2. The fourth-order valence-corrected chi connectivity index (χ4v) is 3.21. The van der Waals surface area contributed by atoms with Gasteiger partial charge >= 0.3 is 5.69 Å². The van der Waals surface area contributed by atoms with E-state index in [-0.39, 0.29) is 22.3 Å². The number of rotatable bonds is 9. The maximum Gasteiger partial charge on any atom is 0.353 e. The molecule has 1 heterocycles. The maximum atomic E-state index is 11.7. The van der Waals surface area contributed by atoms with Gasteiger partial charge in [0, 0.05) is 6.54 Å². The highest BCUT2D eigenvalue weighted by molar-refractivity contribution is 6.43. The van der Waals surface area contributed by atoms with E-state index in [1.807, 2.05) is 12.1 Å². The highest BCUT2D eigenvalue weighted by Gasteiger charge is 2.23. The first-order chi connectivity index (χ1) is 14.9. The lowest BCUT2D eigenvalue weighted by Gasteiger charge is -2.12. The van der Waals surface area contributed by atoms with Crippen molar-refractivity contribution in [2.75, 3.05) is 31.4 Å². The molecule has 0 amide bonds. The molecule has 0 bridgehead atoms. The molecule has 0 fully saturated rings. The van der Waals surface area contributed by atoms with Crippen LogP contribution in [0, 0.1) is 10.1 Å². The summed E-state index contributed by atoms with van der Waals surface area (Å²) in [5.74, 6) is 1.32. The third-order valence-corrected chi connectivity index (χ3v) is 5.18. The molecular weight excluding hydrogens is 445 g/mol. The predicted molar refractivity (Wildman–Crippen MR) is 120 cm³/mol. The fourth-order valence-electron chi connectivity index (χ4n) is 2.86. The minimum absolute atomic E-state index is 0.00205. The molecule has 0 aliphatic carbocycles. The first-order valence-electron chi connectivity index (χ1n) is 9.09. The maximum absolute atomic E-state index is 11.7. The molecule has 0 saturated carbocycles. The molecular formula is C20H19Cl2N5O4. The van der Waals surface area contributed by atoms with E-state index < -0.39 is 4.92 Å². The van der Waals surface area contributed by atoms with Crippen LogP contribution in [0.3, 0.4) is 0 Å². The van der Waals surface area contributed by atoms with Gasteiger partial charge in [-0.05, 0) is 36.2 Å². The molecule has 31 heavy (non-hydrogen) atoms. The molecule has 3 rings (SSSR count). The minimum Gasteiger partial charge on any atom is -0.493 e. The second-order valence-electron chi connectivity index (χ2n) is 6.27. The summed E-state index contributed by atoms with van der Waals surface area (Å²) < 4.78 is 10.5. The van der Waals surface area contributed by atoms with E-state index in [2.05, 4.69) is 20.6 Å². The van der Waals surface area contributed by atoms with E-state index in [1.54, 1.807) is 38.5 Å². The van der Waals surface area contributed by atoms with Crippen LogP contribution in [0.5, 0.6) is 11.5 Å². The summed E-state index contributed by atoms with van der Waals surface area (Å²) in [6.45, 7) is 0.394. The van der Waals surface area contributed by atoms with Crippen LogP contribution >= 0.6 is 23.2 Å². The molecule has 2 aromatic carbocycles. The highest BCUT2D eigenvalue weighted by Crippen LogP contribution is 2.36. The normalized spacial score (nSPS) is 10.5. The summed E-state index contributed by atoms with van der Waals surface area (Å²) in [6, 6.07) is 10.5. The number of nitrogens with zero attached hydrogens (tertiary/aromatic N) is 3. The number of hydrogen-bond acceptors (Lipinski definition) is 8. The van der Waals surface area contributed by atoms with Gasteiger partial charge in [-0.3, -0.25) is 10.1 Å². The Kier molecular flexibility index (Phi) is 7.32. The number of anilines is 3. The van der Waals surface area contributed by atoms with Crippen LogP contribution < -0.4 is 20.1 Å². The van der Waals surface area contributed by atoms with E-state index >= 15 is 0 Å². The van der Waals surface area contributed by atoms with E-state index in [0.717, 1.165) is 5.56 Å². The van der Waals surface area contributed by atoms with E-state index in [0.29, 0.717) is 35.2 Å². The van der Waals surface area contributed by atoms with Crippen LogP contribution in [0.1, 0.15) is 5.56 Å². The molecule has 0 unspecified atom stereocenters. The standard InChI is InChI=1S/C20H19Cl2N5O4/c1-30-15-7-6-12(10-16(15)31-2)8-9-23-19-18(27(28)29)20(25-11-24-19)26-14-5-3-4-13(21)17(14)22/h3-7,10-11H,8-9H2,1-2H3,(H2,23,24,25,26). The third kappa shape index (κ3) is 5.25. The zero-order valence-corrected chi connectivity index (χ0v) is 18.2. The summed E-state index contributed by atoms with van der Waals surface area (Å²) in [5, 5.41) is 18.1. The van der Waals surface area contributed by atoms with Crippen LogP contribution in [-0.2, 0) is 6.42 Å². The Bertz CT molecular complexity index is 1100. The third-order valence-electron chi connectivity index (χ3n) is 4.36. The lowest BCUT2D eigenvalue weighted by atomic mass is 10.1. The molecule has 162 valence electrons. The van der Waals surface area contributed by atoms with Crippen molar-refractivity contribution in [2.24, 2.45) is 0 Å². The smallest absolute Gasteiger partial charge is 0.353 e. The van der Waals surface area contributed by atoms with Gasteiger partial charge in [-0.2, -0.15) is 0 Å². The Balaban J connectivity index is 1.78. The molecule has 0 aliphatic heterocycles. The number of benzene rings is 2. The average Bonchev–Trinajstić information content (AvgIpc) is 2.76. The number of nitrogens with one attached hydrogen (secondary N) is 2. The predicted octanol–water partition coefficient (Wildman–Crippen LogP) is 5.11. The molecule has 0 aliphatic rings. The van der Waals surface area contributed by atoms with Crippen LogP contribution in [0.15, 0.2) is 42.7 Å². The lowest BCUT2D eigenvalue weighted by molar-refractivity contribution is -0.383. The molecule has 0 spiro atoms. The summed E-state index contributed by atoms with van der Waals surface area (Å²) in [5.41, 5.74) is 1.06. The SMILES string of the molecule is COc1ccc(CCNc2ncnc(Nc3cccc(Cl)c3Cl)c2[N+](=O)[O-])cc1OC. The van der Waals surface area contributed by atoms with Gasteiger partial charge in [0.15, 0.2) is 11.5 Å². The van der Waals surface area contributed by atoms with E-state index in [4.69, 9.17) is 32.7 Å². The molecule has 0 radical (unpaired) electrons. The fraction of sp³-hybridized carbons (Fsp3) is 0.200. The van der Waals surface area contributed by atoms with Gasteiger partial charge in [0.1, 0.15) is 6.33 Å². The summed E-state index contributed by atoms with van der Waals surface area (Å²) in [4.78, 5) is 19.2. The minimum atomic E-state index is -0.556. The Morgan fingerprint density at radius 1 is 1.06 bits per heavy atom. The second kappa shape index (κ2) is 10.1. The Morgan fingerprint density at radius 2 is 1.81 bits per heavy atom. The number of ether oxygens (including phenoxy) is 2. The van der Waals surface area contributed by atoms with Crippen molar-refractivity contribution in [3.8, 4) is 11.5 Å². The molecule has 0 atom stereocenters. The van der Waals surface area contributed by atoms with Crippen molar-refractivity contribution in [2.45, 2.75) is 6.42 Å². The van der Waals surface area contributed by atoms with Gasteiger partial charge < -0.3 is 20.1 Å². The monoisotopic (exact) mass is 463 g/mol. The molecule has 11 heteroatoms. The van der Waals surface area contributed by atoms with Crippen molar-refractivity contribution in [1.82, 2.24) is 9.97 Å². The first kappa shape index (κ1) is 22.4. The van der Waals surface area contributed by atoms with Gasteiger partial charge in [0.25, 0.3) is 0 Å². The number of methoxy groups -OCH3 is 2. The van der Waals surface area contributed by atoms with Gasteiger partial charge in [0.05, 0.1) is 34.9 Å². The Morgan fingerprint density at radius 3 is 2.52 bits per heavy atom. The zero-order valence-electron chi connectivity index (χ0n) is 16.7. The van der Waals surface area contributed by atoms with E-state index in [9.17, 15) is 10.1 Å². The van der Waals surface area contributed by atoms with Crippen molar-refractivity contribution < 1.29 is 14.4 Å². The number of aromatic nitrogens is 2. The highest BCUT2D eigenvalue weighted by atomic mass is 35.5. The average molecular weight is 464 g/mol. The van der Waals surface area contributed by atoms with E-state index in [1.165, 1.54) is 6.33 Å². The Hall–Kier alpha value is -3.30. The van der Waals surface area contributed by atoms with Gasteiger partial charge in [-0.1, -0.05) is 35.3 Å². The van der Waals surface area contributed by atoms with Crippen LogP contribution in [-0.4, -0.2) is 35.7 Å². The molecule has 2 N–H and O–H groups in total. The second-order valence-corrected chi connectivity index (χ2v) is 7.05. The topological polar surface area (TPSA) is 111 Å². The van der Waals surface area contributed by atoms with Crippen LogP contribution in [0.2, 0.25) is 10.0 Å². The summed E-state index contributed by atoms with van der Waals surface area (Å²) >= 11 is 12.2. The molecule has 1 aromatic heterocycles. The zero-order chi connectivity index (χ0) is 22.4. The van der Waals surface area contributed by atoms with Crippen molar-refractivity contribution in [1.29, 1.82) is 0 Å². The molecule has 0 saturated heterocycles. The summed E-state index contributed by atoms with van der Waals surface area (Å²) in [7, 11) is 3.13. The van der Waals surface area contributed by atoms with Gasteiger partial charge in [0.2, 0.25) is 11.6 Å². The van der Waals surface area contributed by atoms with Gasteiger partial charge in [-0.15, -0.1) is 0 Å². The van der Waals surface area contributed by atoms with Gasteiger partial charge in [-0.25, -0.2) is 9.97 Å².